The van der Waals surface area contributed by atoms with E-state index in [4.69, 9.17) is 10.00 Å². The minimum atomic E-state index is -0.127. The molecule has 0 aliphatic carbocycles. The van der Waals surface area contributed by atoms with Crippen molar-refractivity contribution in [3.63, 3.8) is 0 Å². The van der Waals surface area contributed by atoms with Crippen LogP contribution in [-0.2, 0) is 4.79 Å². The molecule has 0 spiro atoms. The number of hydrogen-bond donors (Lipinski definition) is 1. The van der Waals surface area contributed by atoms with Crippen molar-refractivity contribution in [1.82, 2.24) is 5.32 Å². The molecule has 19 heavy (non-hydrogen) atoms. The molecule has 1 aromatic rings. The van der Waals surface area contributed by atoms with Crippen LogP contribution in [0.15, 0.2) is 12.1 Å². The molecule has 1 aromatic carbocycles. The summed E-state index contributed by atoms with van der Waals surface area (Å²) in [5.74, 6) is 0.552. The first-order valence-electron chi connectivity index (χ1n) is 6.41. The summed E-state index contributed by atoms with van der Waals surface area (Å²) in [6, 6.07) is 5.77. The van der Waals surface area contributed by atoms with E-state index in [0.29, 0.717) is 11.3 Å². The van der Waals surface area contributed by atoms with E-state index in [1.807, 2.05) is 27.7 Å². The maximum Gasteiger partial charge on any atom is 0.258 e. The number of benzene rings is 1. The SMILES string of the molecule is CCC(C)NC(=O)COc1c(C)cc(C#N)cc1C. The lowest BCUT2D eigenvalue weighted by Gasteiger charge is -2.14. The zero-order valence-electron chi connectivity index (χ0n) is 11.9. The Morgan fingerprint density at radius 3 is 2.47 bits per heavy atom. The summed E-state index contributed by atoms with van der Waals surface area (Å²) >= 11 is 0. The molecular weight excluding hydrogens is 240 g/mol. The number of carbonyl (C=O) groups excluding carboxylic acids is 1. The van der Waals surface area contributed by atoms with Crippen molar-refractivity contribution in [3.05, 3.63) is 28.8 Å². The summed E-state index contributed by atoms with van der Waals surface area (Å²) in [5.41, 5.74) is 2.34. The lowest BCUT2D eigenvalue weighted by Crippen LogP contribution is -2.35. The van der Waals surface area contributed by atoms with Crippen molar-refractivity contribution in [2.75, 3.05) is 6.61 Å². The summed E-state index contributed by atoms with van der Waals surface area (Å²) in [6.45, 7) is 7.71. The number of ether oxygens (including phenoxy) is 1. The molecule has 1 unspecified atom stereocenters. The molecule has 0 fully saturated rings. The van der Waals surface area contributed by atoms with Crippen LogP contribution in [0.3, 0.4) is 0 Å². The van der Waals surface area contributed by atoms with Crippen LogP contribution in [0, 0.1) is 25.2 Å². The molecule has 1 rings (SSSR count). The molecule has 1 N–H and O–H groups in total. The van der Waals surface area contributed by atoms with Gasteiger partial charge in [-0.25, -0.2) is 0 Å². The van der Waals surface area contributed by atoms with Gasteiger partial charge in [-0.15, -0.1) is 0 Å². The minimum Gasteiger partial charge on any atom is -0.483 e. The predicted molar refractivity (Wildman–Crippen MR) is 74.0 cm³/mol. The fourth-order valence-corrected chi connectivity index (χ4v) is 1.80. The van der Waals surface area contributed by atoms with Crippen LogP contribution >= 0.6 is 0 Å². The number of carbonyl (C=O) groups is 1. The molecule has 1 amide bonds. The van der Waals surface area contributed by atoms with Gasteiger partial charge >= 0.3 is 0 Å². The summed E-state index contributed by atoms with van der Waals surface area (Å²) in [7, 11) is 0. The second-order valence-electron chi connectivity index (χ2n) is 4.72. The van der Waals surface area contributed by atoms with Gasteiger partial charge in [0.1, 0.15) is 5.75 Å². The van der Waals surface area contributed by atoms with Gasteiger partial charge in [0, 0.05) is 6.04 Å². The van der Waals surface area contributed by atoms with Crippen LogP contribution in [0.2, 0.25) is 0 Å². The van der Waals surface area contributed by atoms with Crippen molar-refractivity contribution in [1.29, 1.82) is 5.26 Å². The molecule has 1 atom stereocenters. The first-order chi connectivity index (χ1) is 8.97. The zero-order chi connectivity index (χ0) is 14.4. The van der Waals surface area contributed by atoms with E-state index in [2.05, 4.69) is 11.4 Å². The van der Waals surface area contributed by atoms with E-state index in [0.717, 1.165) is 17.5 Å². The molecule has 0 saturated heterocycles. The highest BCUT2D eigenvalue weighted by Gasteiger charge is 2.10. The van der Waals surface area contributed by atoms with Gasteiger partial charge in [-0.2, -0.15) is 5.26 Å². The van der Waals surface area contributed by atoms with Gasteiger partial charge in [-0.3, -0.25) is 4.79 Å². The Morgan fingerprint density at radius 2 is 2.00 bits per heavy atom. The Kier molecular flexibility index (Phi) is 5.37. The number of hydrogen-bond acceptors (Lipinski definition) is 3. The van der Waals surface area contributed by atoms with Crippen molar-refractivity contribution in [2.24, 2.45) is 0 Å². The third-order valence-electron chi connectivity index (χ3n) is 2.96. The lowest BCUT2D eigenvalue weighted by molar-refractivity contribution is -0.123. The number of amides is 1. The van der Waals surface area contributed by atoms with Gasteiger partial charge in [0.05, 0.1) is 11.6 Å². The molecule has 4 heteroatoms. The molecule has 0 aromatic heterocycles. The lowest BCUT2D eigenvalue weighted by atomic mass is 10.1. The van der Waals surface area contributed by atoms with Crippen LogP contribution < -0.4 is 10.1 Å². The standard InChI is InChI=1S/C15H20N2O2/c1-5-12(4)17-14(18)9-19-15-10(2)6-13(8-16)7-11(15)3/h6-7,12H,5,9H2,1-4H3,(H,17,18). The molecule has 4 nitrogen and oxygen atoms in total. The molecule has 0 aliphatic rings. The van der Waals surface area contributed by atoms with Crippen molar-refractivity contribution >= 4 is 5.91 Å². The first kappa shape index (κ1) is 15.0. The highest BCUT2D eigenvalue weighted by molar-refractivity contribution is 5.77. The molecule has 102 valence electrons. The molecule has 0 bridgehead atoms. The van der Waals surface area contributed by atoms with Gasteiger partial charge in [-0.1, -0.05) is 6.92 Å². The van der Waals surface area contributed by atoms with Gasteiger partial charge < -0.3 is 10.1 Å². The Labute approximate surface area is 114 Å². The second-order valence-corrected chi connectivity index (χ2v) is 4.72. The van der Waals surface area contributed by atoms with E-state index in [-0.39, 0.29) is 18.6 Å². The fraction of sp³-hybridized carbons (Fsp3) is 0.467. The number of nitrogens with one attached hydrogen (secondary N) is 1. The first-order valence-corrected chi connectivity index (χ1v) is 6.41. The van der Waals surface area contributed by atoms with Gasteiger partial charge in [0.25, 0.3) is 5.91 Å². The highest BCUT2D eigenvalue weighted by atomic mass is 16.5. The monoisotopic (exact) mass is 260 g/mol. The molecule has 0 heterocycles. The Morgan fingerprint density at radius 1 is 1.42 bits per heavy atom. The van der Waals surface area contributed by atoms with Crippen LogP contribution in [-0.4, -0.2) is 18.6 Å². The molecule has 0 radical (unpaired) electrons. The average molecular weight is 260 g/mol. The second kappa shape index (κ2) is 6.79. The van der Waals surface area contributed by atoms with E-state index >= 15 is 0 Å². The minimum absolute atomic E-state index is 0.00206. The summed E-state index contributed by atoms with van der Waals surface area (Å²) in [5, 5.41) is 11.7. The third-order valence-corrected chi connectivity index (χ3v) is 2.96. The predicted octanol–water partition coefficient (Wildman–Crippen LogP) is 2.47. The van der Waals surface area contributed by atoms with Crippen LogP contribution in [0.4, 0.5) is 0 Å². The maximum atomic E-state index is 11.6. The number of nitriles is 1. The van der Waals surface area contributed by atoms with Gasteiger partial charge in [0.2, 0.25) is 0 Å². The van der Waals surface area contributed by atoms with Crippen molar-refractivity contribution in [2.45, 2.75) is 40.2 Å². The maximum absolute atomic E-state index is 11.6. The summed E-state index contributed by atoms with van der Waals surface area (Å²) in [6.07, 6.45) is 0.890. The Balaban J connectivity index is 2.69. The number of rotatable bonds is 5. The summed E-state index contributed by atoms with van der Waals surface area (Å²) < 4.78 is 5.55. The normalized spacial score (nSPS) is 11.5. The van der Waals surface area contributed by atoms with Gasteiger partial charge in [0.15, 0.2) is 6.61 Å². The fourth-order valence-electron chi connectivity index (χ4n) is 1.80. The van der Waals surface area contributed by atoms with Crippen molar-refractivity contribution < 1.29 is 9.53 Å². The van der Waals surface area contributed by atoms with E-state index in [9.17, 15) is 4.79 Å². The van der Waals surface area contributed by atoms with E-state index in [1.54, 1.807) is 12.1 Å². The number of aryl methyl sites for hydroxylation is 2. The smallest absolute Gasteiger partial charge is 0.258 e. The molecule has 0 aliphatic heterocycles. The van der Waals surface area contributed by atoms with Crippen LogP contribution in [0.1, 0.15) is 37.0 Å². The van der Waals surface area contributed by atoms with E-state index < -0.39 is 0 Å². The Hall–Kier alpha value is -2.02. The molecule has 0 saturated carbocycles. The van der Waals surface area contributed by atoms with E-state index in [1.165, 1.54) is 0 Å². The van der Waals surface area contributed by atoms with Crippen molar-refractivity contribution in [3.8, 4) is 11.8 Å². The van der Waals surface area contributed by atoms with Crippen LogP contribution in [0.5, 0.6) is 5.75 Å². The average Bonchev–Trinajstić information content (AvgIpc) is 2.37. The Bertz CT molecular complexity index is 480. The quantitative estimate of drug-likeness (QED) is 0.884. The zero-order valence-corrected chi connectivity index (χ0v) is 11.9. The highest BCUT2D eigenvalue weighted by Crippen LogP contribution is 2.24. The van der Waals surface area contributed by atoms with Crippen LogP contribution in [0.25, 0.3) is 0 Å². The largest absolute Gasteiger partial charge is 0.483 e. The summed E-state index contributed by atoms with van der Waals surface area (Å²) in [4.78, 5) is 11.6. The topological polar surface area (TPSA) is 62.1 Å². The third kappa shape index (κ3) is 4.29. The van der Waals surface area contributed by atoms with Gasteiger partial charge in [-0.05, 0) is 50.5 Å². The molecular formula is C15H20N2O2. The number of nitrogens with zero attached hydrogens (tertiary/aromatic N) is 1.